The normalized spacial score (nSPS) is 15.8. The molecule has 5 nitrogen and oxygen atoms in total. The topological polar surface area (TPSA) is 45.9 Å². The molecule has 0 atom stereocenters. The second-order valence-electron chi connectivity index (χ2n) is 7.10. The van der Waals surface area contributed by atoms with Gasteiger partial charge >= 0.3 is 5.63 Å². The van der Waals surface area contributed by atoms with Crippen molar-refractivity contribution < 1.29 is 13.5 Å². The molecule has 0 N–H and O–H groups in total. The third-order valence-corrected chi connectivity index (χ3v) is 5.25. The lowest BCUT2D eigenvalue weighted by atomic mass is 10.1. The zero-order chi connectivity index (χ0) is 19.5. The summed E-state index contributed by atoms with van der Waals surface area (Å²) < 4.78 is 24.5. The van der Waals surface area contributed by atoms with E-state index in [1.54, 1.807) is 31.4 Å². The van der Waals surface area contributed by atoms with E-state index >= 15 is 0 Å². The molecule has 146 valence electrons. The van der Waals surface area contributed by atoms with Crippen LogP contribution in [0.1, 0.15) is 11.1 Å². The minimum atomic E-state index is -0.342. The molecule has 1 aromatic heterocycles. The molecule has 0 amide bonds. The average molecular weight is 382 g/mol. The highest BCUT2D eigenvalue weighted by molar-refractivity contribution is 5.81. The Morgan fingerprint density at radius 2 is 1.64 bits per heavy atom. The number of ether oxygens (including phenoxy) is 1. The molecule has 0 spiro atoms. The molecular formula is C22H23FN2O3. The van der Waals surface area contributed by atoms with Crippen molar-refractivity contribution in [1.29, 1.82) is 0 Å². The number of methoxy groups -OCH3 is 1. The predicted octanol–water partition coefficient (Wildman–Crippen LogP) is 3.26. The fourth-order valence-electron chi connectivity index (χ4n) is 3.68. The first-order chi connectivity index (χ1) is 13.6. The minimum absolute atomic E-state index is 0.152. The highest BCUT2D eigenvalue weighted by Crippen LogP contribution is 2.24. The molecule has 1 aliphatic heterocycles. The second kappa shape index (κ2) is 8.12. The summed E-state index contributed by atoms with van der Waals surface area (Å²) in [4.78, 5) is 16.5. The van der Waals surface area contributed by atoms with Crippen molar-refractivity contribution in [1.82, 2.24) is 9.80 Å². The van der Waals surface area contributed by atoms with E-state index in [-0.39, 0.29) is 11.4 Å². The van der Waals surface area contributed by atoms with Crippen LogP contribution < -0.4 is 10.4 Å². The van der Waals surface area contributed by atoms with E-state index in [9.17, 15) is 9.18 Å². The van der Waals surface area contributed by atoms with Crippen LogP contribution in [0.3, 0.4) is 0 Å². The summed E-state index contributed by atoms with van der Waals surface area (Å²) >= 11 is 0. The summed E-state index contributed by atoms with van der Waals surface area (Å²) in [5.74, 6) is 0.582. The van der Waals surface area contributed by atoms with Gasteiger partial charge in [-0.2, -0.15) is 0 Å². The van der Waals surface area contributed by atoms with Gasteiger partial charge in [0.1, 0.15) is 17.1 Å². The van der Waals surface area contributed by atoms with E-state index < -0.39 is 0 Å². The van der Waals surface area contributed by atoms with Crippen LogP contribution in [0, 0.1) is 5.82 Å². The van der Waals surface area contributed by atoms with Crippen molar-refractivity contribution >= 4 is 11.0 Å². The van der Waals surface area contributed by atoms with Gasteiger partial charge in [-0.3, -0.25) is 9.80 Å². The van der Waals surface area contributed by atoms with Crippen LogP contribution in [0.15, 0.2) is 57.7 Å². The van der Waals surface area contributed by atoms with Gasteiger partial charge < -0.3 is 9.15 Å². The van der Waals surface area contributed by atoms with Gasteiger partial charge in [0, 0.05) is 56.3 Å². The first-order valence-corrected chi connectivity index (χ1v) is 9.41. The van der Waals surface area contributed by atoms with E-state index in [1.165, 1.54) is 6.07 Å². The van der Waals surface area contributed by atoms with E-state index in [1.807, 2.05) is 18.2 Å². The molecule has 0 radical (unpaired) electrons. The van der Waals surface area contributed by atoms with Crippen molar-refractivity contribution in [2.24, 2.45) is 0 Å². The summed E-state index contributed by atoms with van der Waals surface area (Å²) in [6.45, 7) is 4.73. The molecule has 28 heavy (non-hydrogen) atoms. The molecule has 0 aliphatic carbocycles. The van der Waals surface area contributed by atoms with Gasteiger partial charge in [-0.15, -0.1) is 0 Å². The maximum atomic E-state index is 13.9. The Bertz CT molecular complexity index is 1030. The number of piperazine rings is 1. The van der Waals surface area contributed by atoms with E-state index in [0.29, 0.717) is 18.7 Å². The predicted molar refractivity (Wildman–Crippen MR) is 106 cm³/mol. The zero-order valence-electron chi connectivity index (χ0n) is 15.9. The van der Waals surface area contributed by atoms with Crippen LogP contribution >= 0.6 is 0 Å². The van der Waals surface area contributed by atoms with Gasteiger partial charge in [-0.05, 0) is 29.8 Å². The third-order valence-electron chi connectivity index (χ3n) is 5.25. The number of halogens is 1. The number of hydrogen-bond donors (Lipinski definition) is 0. The molecule has 2 aromatic carbocycles. The number of fused-ring (bicyclic) bond motifs is 1. The molecule has 0 saturated carbocycles. The average Bonchev–Trinajstić information content (AvgIpc) is 2.71. The van der Waals surface area contributed by atoms with Crippen LogP contribution in [0.25, 0.3) is 11.0 Å². The highest BCUT2D eigenvalue weighted by Gasteiger charge is 2.19. The van der Waals surface area contributed by atoms with Crippen molar-refractivity contribution in [2.75, 3.05) is 33.3 Å². The lowest BCUT2D eigenvalue weighted by molar-refractivity contribution is 0.121. The maximum Gasteiger partial charge on any atom is 0.336 e. The number of benzene rings is 2. The van der Waals surface area contributed by atoms with Gasteiger partial charge in [0.25, 0.3) is 0 Å². The lowest BCUT2D eigenvalue weighted by Crippen LogP contribution is -2.45. The van der Waals surface area contributed by atoms with Crippen molar-refractivity contribution in [2.45, 2.75) is 13.1 Å². The first kappa shape index (κ1) is 18.7. The van der Waals surface area contributed by atoms with Crippen LogP contribution in [-0.4, -0.2) is 43.1 Å². The summed E-state index contributed by atoms with van der Waals surface area (Å²) in [5, 5.41) is 0.896. The van der Waals surface area contributed by atoms with E-state index in [0.717, 1.165) is 48.4 Å². The summed E-state index contributed by atoms with van der Waals surface area (Å²) in [5.41, 5.74) is 1.90. The lowest BCUT2D eigenvalue weighted by Gasteiger charge is -2.34. The quantitative estimate of drug-likeness (QED) is 0.634. The molecule has 0 bridgehead atoms. The fourth-order valence-corrected chi connectivity index (χ4v) is 3.68. The Labute approximate surface area is 162 Å². The van der Waals surface area contributed by atoms with Gasteiger partial charge in [0.15, 0.2) is 0 Å². The second-order valence-corrected chi connectivity index (χ2v) is 7.10. The van der Waals surface area contributed by atoms with Crippen molar-refractivity contribution in [3.63, 3.8) is 0 Å². The summed E-state index contributed by atoms with van der Waals surface area (Å²) in [6.07, 6.45) is 0. The molecule has 6 heteroatoms. The number of nitrogens with zero attached hydrogens (tertiary/aromatic N) is 2. The molecule has 3 aromatic rings. The van der Waals surface area contributed by atoms with Crippen molar-refractivity contribution in [3.8, 4) is 5.75 Å². The maximum absolute atomic E-state index is 13.9. The molecule has 0 unspecified atom stereocenters. The number of hydrogen-bond acceptors (Lipinski definition) is 5. The van der Waals surface area contributed by atoms with E-state index in [2.05, 4.69) is 9.80 Å². The van der Waals surface area contributed by atoms with E-state index in [4.69, 9.17) is 9.15 Å². The Hall–Kier alpha value is -2.70. The summed E-state index contributed by atoms with van der Waals surface area (Å²) in [6, 6.07) is 14.0. The molecule has 1 aliphatic rings. The minimum Gasteiger partial charge on any atom is -0.497 e. The smallest absolute Gasteiger partial charge is 0.336 e. The van der Waals surface area contributed by atoms with Crippen LogP contribution in [0.4, 0.5) is 4.39 Å². The Morgan fingerprint density at radius 1 is 0.964 bits per heavy atom. The fraction of sp³-hybridized carbons (Fsp3) is 0.318. The zero-order valence-corrected chi connectivity index (χ0v) is 15.9. The SMILES string of the molecule is COc1ccc2oc(=O)cc(CN3CCN(Cc4ccccc4F)CC3)c2c1. The molecular weight excluding hydrogens is 359 g/mol. The summed E-state index contributed by atoms with van der Waals surface area (Å²) in [7, 11) is 1.62. The molecule has 1 saturated heterocycles. The highest BCUT2D eigenvalue weighted by atomic mass is 19.1. The molecule has 1 fully saturated rings. The standard InChI is InChI=1S/C22H23FN2O3/c1-27-18-6-7-21-19(13-18)17(12-22(26)28-21)15-25-10-8-24(9-11-25)14-16-4-2-3-5-20(16)23/h2-7,12-13H,8-11,14-15H2,1H3. The monoisotopic (exact) mass is 382 g/mol. The van der Waals surface area contributed by atoms with Gasteiger partial charge in [0.05, 0.1) is 7.11 Å². The van der Waals surface area contributed by atoms with Crippen LogP contribution in [-0.2, 0) is 13.1 Å². The van der Waals surface area contributed by atoms with Gasteiger partial charge in [-0.1, -0.05) is 18.2 Å². The first-order valence-electron chi connectivity index (χ1n) is 9.41. The Morgan fingerprint density at radius 3 is 2.32 bits per heavy atom. The van der Waals surface area contributed by atoms with Crippen molar-refractivity contribution in [3.05, 3.63) is 75.9 Å². The van der Waals surface area contributed by atoms with Crippen LogP contribution in [0.5, 0.6) is 5.75 Å². The van der Waals surface area contributed by atoms with Gasteiger partial charge in [0.2, 0.25) is 0 Å². The third kappa shape index (κ3) is 4.08. The Kier molecular flexibility index (Phi) is 5.41. The molecule has 2 heterocycles. The molecule has 4 rings (SSSR count). The van der Waals surface area contributed by atoms with Gasteiger partial charge in [-0.25, -0.2) is 9.18 Å². The largest absolute Gasteiger partial charge is 0.497 e. The number of rotatable bonds is 5. The Balaban J connectivity index is 1.45. The van der Waals surface area contributed by atoms with Crippen LogP contribution in [0.2, 0.25) is 0 Å².